The van der Waals surface area contributed by atoms with Crippen LogP contribution in [0.4, 0.5) is 0 Å². The summed E-state index contributed by atoms with van der Waals surface area (Å²) < 4.78 is 24.3. The zero-order valence-electron chi connectivity index (χ0n) is 29.9. The largest absolute Gasteiger partial charge is 0.493 e. The Balaban J connectivity index is 1.13. The van der Waals surface area contributed by atoms with Crippen molar-refractivity contribution >= 4 is 22.7 Å². The third kappa shape index (κ3) is 7.51. The van der Waals surface area contributed by atoms with E-state index in [-0.39, 0.29) is 17.6 Å². The van der Waals surface area contributed by atoms with Gasteiger partial charge in [0, 0.05) is 32.2 Å². The third-order valence-corrected chi connectivity index (χ3v) is 10.5. The van der Waals surface area contributed by atoms with Crippen LogP contribution in [0.1, 0.15) is 54.4 Å². The number of carbonyl (C=O) groups excluding carboxylic acids is 2. The number of Topliss-reactive ketones (excluding diaryl/α,β-unsaturated/α-hetero) is 1. The van der Waals surface area contributed by atoms with E-state index < -0.39 is 5.41 Å². The summed E-state index contributed by atoms with van der Waals surface area (Å²) in [5.41, 5.74) is 3.42. The average Bonchev–Trinajstić information content (AvgIpc) is 3.67. The maximum atomic E-state index is 14.4. The molecule has 10 heteroatoms. The smallest absolute Gasteiger partial charge is 0.229 e. The number of ether oxygens (including phenoxy) is 4. The number of methoxy groups -OCH3 is 3. The maximum Gasteiger partial charge on any atom is 0.229 e. The van der Waals surface area contributed by atoms with Crippen molar-refractivity contribution in [2.45, 2.75) is 52.1 Å². The summed E-state index contributed by atoms with van der Waals surface area (Å²) in [6.45, 7) is 7.36. The highest BCUT2D eigenvalue weighted by molar-refractivity contribution is 5.98. The molecule has 0 spiro atoms. The minimum absolute atomic E-state index is 0.0748. The number of hydrogen-bond acceptors (Lipinski definition) is 8. The van der Waals surface area contributed by atoms with Gasteiger partial charge in [0.05, 0.1) is 44.4 Å². The number of fused-ring (bicyclic) bond motifs is 1. The van der Waals surface area contributed by atoms with Gasteiger partial charge in [0.1, 0.15) is 0 Å². The summed E-state index contributed by atoms with van der Waals surface area (Å²) in [5.74, 6) is 2.46. The molecule has 1 aromatic heterocycles. The summed E-state index contributed by atoms with van der Waals surface area (Å²) in [7, 11) is 4.80. The first-order chi connectivity index (χ1) is 24.4. The van der Waals surface area contributed by atoms with E-state index in [1.807, 2.05) is 71.0 Å². The number of nitrogens with zero attached hydrogens (tertiary/aromatic N) is 4. The quantitative estimate of drug-likeness (QED) is 0.104. The number of para-hydroxylation sites is 2. The average molecular weight is 683 g/mol. The van der Waals surface area contributed by atoms with E-state index in [2.05, 4.69) is 17.0 Å². The van der Waals surface area contributed by atoms with Gasteiger partial charge in [-0.25, -0.2) is 4.98 Å². The molecule has 10 nitrogen and oxygen atoms in total. The number of hydrogen-bond donors (Lipinski definition) is 0. The van der Waals surface area contributed by atoms with Crippen LogP contribution in [0, 0.1) is 11.3 Å². The second-order valence-corrected chi connectivity index (χ2v) is 13.5. The van der Waals surface area contributed by atoms with Crippen molar-refractivity contribution < 1.29 is 28.5 Å². The molecule has 266 valence electrons. The number of amides is 1. The highest BCUT2D eigenvalue weighted by atomic mass is 16.5. The van der Waals surface area contributed by atoms with Crippen LogP contribution in [0.2, 0.25) is 0 Å². The lowest BCUT2D eigenvalue weighted by Crippen LogP contribution is -2.42. The summed E-state index contributed by atoms with van der Waals surface area (Å²) in [6.07, 6.45) is 3.81. The molecule has 0 radical (unpaired) electrons. The molecular formula is C40H50N4O6. The van der Waals surface area contributed by atoms with Gasteiger partial charge in [-0.05, 0) is 94.1 Å². The van der Waals surface area contributed by atoms with Gasteiger partial charge in [-0.15, -0.1) is 0 Å². The van der Waals surface area contributed by atoms with Crippen LogP contribution in [0.25, 0.3) is 11.0 Å². The minimum Gasteiger partial charge on any atom is -0.493 e. The van der Waals surface area contributed by atoms with Gasteiger partial charge in [0.25, 0.3) is 0 Å². The standard InChI is InChI=1S/C40H50N4O6/c1-5-50-24-23-44-33-14-10-9-13-32(33)41-38(44)36(45)31-15-19-42(20-16-31)21-17-40(27-29-11-7-6-8-12-29)18-22-43(39(40)46)28-30-25-34(47-2)37(49-4)35(26-30)48-3/h6-14,25-26,31H,5,15-24,27-28H2,1-4H3. The third-order valence-electron chi connectivity index (χ3n) is 10.5. The Labute approximate surface area is 295 Å². The van der Waals surface area contributed by atoms with Gasteiger partial charge in [0.2, 0.25) is 17.4 Å². The molecule has 2 aliphatic rings. The fourth-order valence-electron chi connectivity index (χ4n) is 7.73. The number of benzene rings is 3. The molecule has 2 saturated heterocycles. The van der Waals surface area contributed by atoms with Gasteiger partial charge >= 0.3 is 0 Å². The Bertz CT molecular complexity index is 1740. The monoisotopic (exact) mass is 682 g/mol. The van der Waals surface area contributed by atoms with Crippen molar-refractivity contribution in [1.29, 1.82) is 0 Å². The van der Waals surface area contributed by atoms with Gasteiger partial charge < -0.3 is 33.3 Å². The van der Waals surface area contributed by atoms with E-state index in [4.69, 9.17) is 23.9 Å². The normalized spacial score (nSPS) is 18.6. The first-order valence-electron chi connectivity index (χ1n) is 17.8. The van der Waals surface area contributed by atoms with Crippen molar-refractivity contribution in [3.05, 3.63) is 83.7 Å². The van der Waals surface area contributed by atoms with Crippen molar-refractivity contribution in [1.82, 2.24) is 19.4 Å². The van der Waals surface area contributed by atoms with Gasteiger partial charge in [0.15, 0.2) is 17.3 Å². The molecule has 1 amide bonds. The molecule has 50 heavy (non-hydrogen) atoms. The zero-order chi connectivity index (χ0) is 35.1. The Morgan fingerprint density at radius 1 is 0.880 bits per heavy atom. The second-order valence-electron chi connectivity index (χ2n) is 13.5. The molecule has 3 heterocycles. The molecule has 0 N–H and O–H groups in total. The van der Waals surface area contributed by atoms with Crippen molar-refractivity contribution in [3.8, 4) is 17.2 Å². The molecule has 6 rings (SSSR count). The molecule has 0 saturated carbocycles. The summed E-state index contributed by atoms with van der Waals surface area (Å²) >= 11 is 0. The highest BCUT2D eigenvalue weighted by Gasteiger charge is 2.46. The lowest BCUT2D eigenvalue weighted by Gasteiger charge is -2.35. The summed E-state index contributed by atoms with van der Waals surface area (Å²) in [6, 6.07) is 22.1. The Kier molecular flexibility index (Phi) is 11.4. The van der Waals surface area contributed by atoms with Crippen LogP contribution >= 0.6 is 0 Å². The van der Waals surface area contributed by atoms with Gasteiger partial charge in [-0.3, -0.25) is 9.59 Å². The van der Waals surface area contributed by atoms with Crippen LogP contribution in [-0.2, 0) is 29.0 Å². The molecule has 0 bridgehead atoms. The van der Waals surface area contributed by atoms with E-state index in [0.29, 0.717) is 62.3 Å². The molecule has 2 fully saturated rings. The second kappa shape index (κ2) is 16.1. The molecule has 2 aliphatic heterocycles. The lowest BCUT2D eigenvalue weighted by molar-refractivity contribution is -0.137. The van der Waals surface area contributed by atoms with Crippen LogP contribution in [0.15, 0.2) is 66.7 Å². The van der Waals surface area contributed by atoms with Crippen LogP contribution in [0.3, 0.4) is 0 Å². The van der Waals surface area contributed by atoms with Crippen LogP contribution < -0.4 is 14.2 Å². The fraction of sp³-hybridized carbons (Fsp3) is 0.475. The summed E-state index contributed by atoms with van der Waals surface area (Å²) in [5, 5.41) is 0. The number of carbonyl (C=O) groups is 2. The number of piperidine rings is 1. The molecule has 1 atom stereocenters. The Morgan fingerprint density at radius 2 is 1.58 bits per heavy atom. The van der Waals surface area contributed by atoms with E-state index in [1.54, 1.807) is 21.3 Å². The van der Waals surface area contributed by atoms with E-state index in [0.717, 1.165) is 61.9 Å². The number of aromatic nitrogens is 2. The molecule has 0 aliphatic carbocycles. The number of rotatable bonds is 16. The molecular weight excluding hydrogens is 632 g/mol. The fourth-order valence-corrected chi connectivity index (χ4v) is 7.73. The van der Waals surface area contributed by atoms with E-state index >= 15 is 0 Å². The Morgan fingerprint density at radius 3 is 2.26 bits per heavy atom. The van der Waals surface area contributed by atoms with Crippen molar-refractivity contribution in [3.63, 3.8) is 0 Å². The van der Waals surface area contributed by atoms with Crippen molar-refractivity contribution in [2.75, 3.05) is 60.7 Å². The van der Waals surface area contributed by atoms with Crippen LogP contribution in [0.5, 0.6) is 17.2 Å². The SMILES string of the molecule is CCOCCn1c(C(=O)C2CCN(CCC3(Cc4ccccc4)CCN(Cc4cc(OC)c(OC)c(OC)c4)C3=O)CC2)nc2ccccc21. The first kappa shape index (κ1) is 35.4. The van der Waals surface area contributed by atoms with Gasteiger partial charge in [-0.1, -0.05) is 42.5 Å². The van der Waals surface area contributed by atoms with Gasteiger partial charge in [-0.2, -0.15) is 0 Å². The number of likely N-dealkylation sites (tertiary alicyclic amines) is 2. The first-order valence-corrected chi connectivity index (χ1v) is 17.8. The predicted molar refractivity (Wildman–Crippen MR) is 193 cm³/mol. The highest BCUT2D eigenvalue weighted by Crippen LogP contribution is 2.42. The van der Waals surface area contributed by atoms with Crippen LogP contribution in [-0.4, -0.2) is 91.8 Å². The topological polar surface area (TPSA) is 95.4 Å². The maximum absolute atomic E-state index is 14.4. The molecule has 3 aromatic carbocycles. The number of imidazole rings is 1. The zero-order valence-corrected chi connectivity index (χ0v) is 29.9. The Hall–Kier alpha value is -4.41. The molecule has 4 aromatic rings. The lowest BCUT2D eigenvalue weighted by atomic mass is 9.77. The van der Waals surface area contributed by atoms with Crippen molar-refractivity contribution in [2.24, 2.45) is 11.3 Å². The van der Waals surface area contributed by atoms with E-state index in [9.17, 15) is 9.59 Å². The molecule has 1 unspecified atom stereocenters. The number of ketones is 1. The minimum atomic E-state index is -0.500. The van der Waals surface area contributed by atoms with E-state index in [1.165, 1.54) is 5.56 Å². The predicted octanol–water partition coefficient (Wildman–Crippen LogP) is 6.05. The summed E-state index contributed by atoms with van der Waals surface area (Å²) in [4.78, 5) is 37.5.